The predicted octanol–water partition coefficient (Wildman–Crippen LogP) is 3.51. The molecule has 1 rings (SSSR count). The van der Waals surface area contributed by atoms with E-state index in [1.165, 1.54) is 0 Å². The van der Waals surface area contributed by atoms with E-state index in [0.29, 0.717) is 0 Å². The molecule has 0 heterocycles. The van der Waals surface area contributed by atoms with Gasteiger partial charge in [0.05, 0.1) is 20.3 Å². The van der Waals surface area contributed by atoms with Crippen LogP contribution in [-0.2, 0) is 0 Å². The molecule has 0 aliphatic heterocycles. The molecule has 1 atom stereocenters. The first-order valence-corrected chi connectivity index (χ1v) is 7.46. The van der Waals surface area contributed by atoms with Gasteiger partial charge >= 0.3 is 0 Å². The van der Waals surface area contributed by atoms with Crippen molar-refractivity contribution < 1.29 is 9.47 Å². The molecule has 0 fully saturated rings. The quantitative estimate of drug-likeness (QED) is 0.227. The highest BCUT2D eigenvalue weighted by Crippen LogP contribution is 2.29. The van der Waals surface area contributed by atoms with Gasteiger partial charge in [0.1, 0.15) is 11.5 Å². The van der Waals surface area contributed by atoms with Crippen LogP contribution in [-0.4, -0.2) is 33.8 Å². The number of hydrogen-bond donors (Lipinski definition) is 2. The fourth-order valence-corrected chi connectivity index (χ4v) is 2.10. The zero-order chi connectivity index (χ0) is 16.4. The van der Waals surface area contributed by atoms with Crippen LogP contribution in [0, 0.1) is 0 Å². The van der Waals surface area contributed by atoms with Crippen molar-refractivity contribution in [3.8, 4) is 11.5 Å². The van der Waals surface area contributed by atoms with E-state index in [-0.39, 0.29) is 30.0 Å². The van der Waals surface area contributed by atoms with Crippen molar-refractivity contribution in [1.82, 2.24) is 10.6 Å². The molecule has 6 heteroatoms. The van der Waals surface area contributed by atoms with Crippen molar-refractivity contribution in [1.29, 1.82) is 0 Å². The third-order valence-corrected chi connectivity index (χ3v) is 3.32. The summed E-state index contributed by atoms with van der Waals surface area (Å²) in [5, 5.41) is 6.65. The number of ether oxygens (including phenoxy) is 2. The first-order valence-electron chi connectivity index (χ1n) is 7.46. The topological polar surface area (TPSA) is 54.9 Å². The molecule has 1 aromatic rings. The molecule has 1 aromatic carbocycles. The van der Waals surface area contributed by atoms with Crippen molar-refractivity contribution >= 4 is 29.9 Å². The lowest BCUT2D eigenvalue weighted by atomic mass is 10.1. The maximum atomic E-state index is 5.43. The number of rotatable bonds is 7. The zero-order valence-corrected chi connectivity index (χ0v) is 16.9. The first kappa shape index (κ1) is 21.6. The van der Waals surface area contributed by atoms with E-state index in [1.54, 1.807) is 21.3 Å². The number of allylic oxidation sites excluding steroid dienone is 1. The molecule has 5 nitrogen and oxygen atoms in total. The number of guanidine groups is 1. The summed E-state index contributed by atoms with van der Waals surface area (Å²) >= 11 is 0. The monoisotopic (exact) mass is 433 g/mol. The standard InChI is InChI=1S/C17H27N3O2.HI/c1-6-7-8-11-19-17(18-3)20-13(2)15-12-14(21-4)9-10-16(15)22-5;/h6-7,9-10,12-13H,8,11H2,1-5H3,(H2,18,19,20);1H. The Morgan fingerprint density at radius 2 is 2.04 bits per heavy atom. The number of halogens is 1. The van der Waals surface area contributed by atoms with E-state index in [0.717, 1.165) is 36.0 Å². The lowest BCUT2D eigenvalue weighted by Crippen LogP contribution is -2.39. The molecule has 0 amide bonds. The van der Waals surface area contributed by atoms with Crippen LogP contribution < -0.4 is 20.1 Å². The van der Waals surface area contributed by atoms with Gasteiger partial charge in [-0.15, -0.1) is 24.0 Å². The van der Waals surface area contributed by atoms with Gasteiger partial charge in [-0.25, -0.2) is 0 Å². The summed E-state index contributed by atoms with van der Waals surface area (Å²) in [4.78, 5) is 4.25. The van der Waals surface area contributed by atoms with Gasteiger partial charge in [-0.2, -0.15) is 0 Å². The number of nitrogens with zero attached hydrogens (tertiary/aromatic N) is 1. The highest BCUT2D eigenvalue weighted by molar-refractivity contribution is 14.0. The molecular weight excluding hydrogens is 405 g/mol. The second kappa shape index (κ2) is 12.0. The third kappa shape index (κ3) is 7.11. The van der Waals surface area contributed by atoms with E-state index >= 15 is 0 Å². The Morgan fingerprint density at radius 1 is 1.30 bits per heavy atom. The van der Waals surface area contributed by atoms with Crippen LogP contribution in [0.1, 0.15) is 31.9 Å². The van der Waals surface area contributed by atoms with Gasteiger partial charge in [-0.1, -0.05) is 12.2 Å². The minimum atomic E-state index is 0. The van der Waals surface area contributed by atoms with Gasteiger partial charge in [0, 0.05) is 19.2 Å². The summed E-state index contributed by atoms with van der Waals surface area (Å²) in [6.45, 7) is 4.92. The Labute approximate surface area is 156 Å². The number of aliphatic imine (C=N–C) groups is 1. The summed E-state index contributed by atoms with van der Waals surface area (Å²) in [5.74, 6) is 2.40. The maximum absolute atomic E-state index is 5.43. The maximum Gasteiger partial charge on any atom is 0.191 e. The lowest BCUT2D eigenvalue weighted by molar-refractivity contribution is 0.394. The van der Waals surface area contributed by atoms with Crippen LogP contribution in [0.15, 0.2) is 35.3 Å². The number of methoxy groups -OCH3 is 2. The Bertz CT molecular complexity index is 519. The van der Waals surface area contributed by atoms with Crippen molar-refractivity contribution in [2.75, 3.05) is 27.8 Å². The summed E-state index contributed by atoms with van der Waals surface area (Å²) in [5.41, 5.74) is 1.03. The average Bonchev–Trinajstić information content (AvgIpc) is 2.56. The second-order valence-electron chi connectivity index (χ2n) is 4.83. The summed E-state index contributed by atoms with van der Waals surface area (Å²) in [6.07, 6.45) is 5.13. The van der Waals surface area contributed by atoms with E-state index in [2.05, 4.69) is 28.6 Å². The van der Waals surface area contributed by atoms with Gasteiger partial charge in [-0.3, -0.25) is 4.99 Å². The van der Waals surface area contributed by atoms with Crippen LogP contribution in [0.2, 0.25) is 0 Å². The highest BCUT2D eigenvalue weighted by Gasteiger charge is 2.14. The predicted molar refractivity (Wildman–Crippen MR) is 107 cm³/mol. The molecule has 0 aliphatic rings. The summed E-state index contributed by atoms with van der Waals surface area (Å²) < 4.78 is 10.7. The van der Waals surface area contributed by atoms with Gasteiger partial charge in [-0.05, 0) is 38.5 Å². The van der Waals surface area contributed by atoms with E-state index in [4.69, 9.17) is 9.47 Å². The molecule has 0 saturated heterocycles. The Hall–Kier alpha value is -1.44. The minimum absolute atomic E-state index is 0. The normalized spacial score (nSPS) is 12.5. The van der Waals surface area contributed by atoms with Crippen LogP contribution in [0.25, 0.3) is 0 Å². The van der Waals surface area contributed by atoms with Gasteiger partial charge in [0.15, 0.2) is 5.96 Å². The molecular formula is C17H28IN3O2. The van der Waals surface area contributed by atoms with Crippen LogP contribution in [0.4, 0.5) is 0 Å². The first-order chi connectivity index (χ1) is 10.7. The van der Waals surface area contributed by atoms with Gasteiger partial charge in [0.2, 0.25) is 0 Å². The molecule has 0 radical (unpaired) electrons. The molecule has 1 unspecified atom stereocenters. The Balaban J connectivity index is 0.00000484. The second-order valence-corrected chi connectivity index (χ2v) is 4.83. The number of hydrogen-bond acceptors (Lipinski definition) is 3. The van der Waals surface area contributed by atoms with Crippen molar-refractivity contribution in [2.24, 2.45) is 4.99 Å². The number of benzene rings is 1. The van der Waals surface area contributed by atoms with E-state index in [9.17, 15) is 0 Å². The smallest absolute Gasteiger partial charge is 0.191 e. The Morgan fingerprint density at radius 3 is 2.61 bits per heavy atom. The molecule has 23 heavy (non-hydrogen) atoms. The molecule has 2 N–H and O–H groups in total. The van der Waals surface area contributed by atoms with Gasteiger partial charge in [0.25, 0.3) is 0 Å². The largest absolute Gasteiger partial charge is 0.497 e. The van der Waals surface area contributed by atoms with Crippen molar-refractivity contribution in [3.05, 3.63) is 35.9 Å². The lowest BCUT2D eigenvalue weighted by Gasteiger charge is -2.20. The molecule has 130 valence electrons. The summed E-state index contributed by atoms with van der Waals surface area (Å²) in [7, 11) is 5.09. The molecule has 0 bridgehead atoms. The Kier molecular flexibility index (Phi) is 11.3. The van der Waals surface area contributed by atoms with Crippen LogP contribution >= 0.6 is 24.0 Å². The zero-order valence-electron chi connectivity index (χ0n) is 14.6. The minimum Gasteiger partial charge on any atom is -0.497 e. The fourth-order valence-electron chi connectivity index (χ4n) is 2.10. The highest BCUT2D eigenvalue weighted by atomic mass is 127. The average molecular weight is 433 g/mol. The molecule has 0 aromatic heterocycles. The van der Waals surface area contributed by atoms with E-state index in [1.807, 2.05) is 31.2 Å². The molecule has 0 spiro atoms. The molecule has 0 aliphatic carbocycles. The third-order valence-electron chi connectivity index (χ3n) is 3.32. The molecule has 0 saturated carbocycles. The van der Waals surface area contributed by atoms with Crippen LogP contribution in [0.5, 0.6) is 11.5 Å². The van der Waals surface area contributed by atoms with Gasteiger partial charge < -0.3 is 20.1 Å². The summed E-state index contributed by atoms with van der Waals surface area (Å²) in [6, 6.07) is 5.81. The van der Waals surface area contributed by atoms with Crippen molar-refractivity contribution in [3.63, 3.8) is 0 Å². The van der Waals surface area contributed by atoms with Crippen LogP contribution in [0.3, 0.4) is 0 Å². The SMILES string of the molecule is CC=CCCNC(=NC)NC(C)c1cc(OC)ccc1OC.I. The number of nitrogens with one attached hydrogen (secondary N) is 2. The van der Waals surface area contributed by atoms with Crippen molar-refractivity contribution in [2.45, 2.75) is 26.3 Å². The van der Waals surface area contributed by atoms with E-state index < -0.39 is 0 Å². The fraction of sp³-hybridized carbons (Fsp3) is 0.471.